The van der Waals surface area contributed by atoms with E-state index < -0.39 is 5.97 Å². The van der Waals surface area contributed by atoms with Gasteiger partial charge in [0.25, 0.3) is 0 Å². The highest BCUT2D eigenvalue weighted by molar-refractivity contribution is 5.85. The predicted octanol–water partition coefficient (Wildman–Crippen LogP) is 1.01. The predicted molar refractivity (Wildman–Crippen MR) is 47.3 cm³/mol. The number of hydrogen-bond donors (Lipinski definition) is 2. The number of halogens is 1. The van der Waals surface area contributed by atoms with Crippen LogP contribution in [0.3, 0.4) is 0 Å². The molecule has 0 aromatic carbocycles. The minimum absolute atomic E-state index is 0. The van der Waals surface area contributed by atoms with Gasteiger partial charge in [-0.1, -0.05) is 6.42 Å². The largest absolute Gasteiger partial charge is 0.481 e. The maximum absolute atomic E-state index is 10.7. The lowest BCUT2D eigenvalue weighted by Gasteiger charge is -2.58. The topological polar surface area (TPSA) is 63.3 Å². The number of nitrogens with two attached hydrogens (primary N) is 1. The van der Waals surface area contributed by atoms with Crippen molar-refractivity contribution in [1.29, 1.82) is 0 Å². The second-order valence-electron chi connectivity index (χ2n) is 3.82. The fourth-order valence-electron chi connectivity index (χ4n) is 2.47. The molecule has 1 spiro atoms. The summed E-state index contributed by atoms with van der Waals surface area (Å²) in [4.78, 5) is 10.7. The zero-order valence-electron chi connectivity index (χ0n) is 6.82. The molecule has 2 unspecified atom stereocenters. The van der Waals surface area contributed by atoms with Crippen molar-refractivity contribution in [1.82, 2.24) is 0 Å². The summed E-state index contributed by atoms with van der Waals surface area (Å²) >= 11 is 0. The second kappa shape index (κ2) is 2.89. The Morgan fingerprint density at radius 3 is 2.25 bits per heavy atom. The first kappa shape index (κ1) is 9.81. The molecule has 0 saturated heterocycles. The molecule has 0 aromatic rings. The van der Waals surface area contributed by atoms with Crippen molar-refractivity contribution in [2.45, 2.75) is 31.7 Å². The highest BCUT2D eigenvalue weighted by Gasteiger charge is 2.59. The zero-order valence-corrected chi connectivity index (χ0v) is 7.64. The van der Waals surface area contributed by atoms with Crippen LogP contribution in [0.5, 0.6) is 0 Å². The van der Waals surface area contributed by atoms with E-state index in [0.717, 1.165) is 19.3 Å². The molecule has 12 heavy (non-hydrogen) atoms. The summed E-state index contributed by atoms with van der Waals surface area (Å²) in [5, 5.41) is 8.80. The van der Waals surface area contributed by atoms with Gasteiger partial charge >= 0.3 is 5.97 Å². The van der Waals surface area contributed by atoms with Crippen LogP contribution in [0.1, 0.15) is 25.7 Å². The number of rotatable bonds is 1. The van der Waals surface area contributed by atoms with Crippen molar-refractivity contribution in [3.63, 3.8) is 0 Å². The molecular formula is C8H14ClNO2. The molecule has 0 aliphatic heterocycles. The van der Waals surface area contributed by atoms with Gasteiger partial charge in [0, 0.05) is 6.04 Å². The summed E-state index contributed by atoms with van der Waals surface area (Å²) in [5.41, 5.74) is 5.80. The van der Waals surface area contributed by atoms with Crippen molar-refractivity contribution in [3.05, 3.63) is 0 Å². The van der Waals surface area contributed by atoms with Gasteiger partial charge < -0.3 is 10.8 Å². The highest BCUT2D eigenvalue weighted by Crippen LogP contribution is 2.58. The van der Waals surface area contributed by atoms with Crippen LogP contribution in [0.2, 0.25) is 0 Å². The van der Waals surface area contributed by atoms with Gasteiger partial charge in [-0.05, 0) is 24.7 Å². The Morgan fingerprint density at radius 2 is 2.08 bits per heavy atom. The number of carboxylic acids is 1. The van der Waals surface area contributed by atoms with Gasteiger partial charge in [0.05, 0.1) is 5.92 Å². The summed E-state index contributed by atoms with van der Waals surface area (Å²) in [6.45, 7) is 0. The Bertz CT molecular complexity index is 203. The van der Waals surface area contributed by atoms with E-state index in [9.17, 15) is 4.79 Å². The van der Waals surface area contributed by atoms with Gasteiger partial charge in [0.1, 0.15) is 0 Å². The molecule has 3 N–H and O–H groups in total. The third-order valence-corrected chi connectivity index (χ3v) is 3.50. The van der Waals surface area contributed by atoms with Crippen LogP contribution in [0.25, 0.3) is 0 Å². The van der Waals surface area contributed by atoms with Gasteiger partial charge in [0.2, 0.25) is 0 Å². The van der Waals surface area contributed by atoms with E-state index in [1.807, 2.05) is 0 Å². The van der Waals surface area contributed by atoms with Crippen LogP contribution in [0.4, 0.5) is 0 Å². The van der Waals surface area contributed by atoms with Crippen LogP contribution in [0.15, 0.2) is 0 Å². The Morgan fingerprint density at radius 1 is 1.50 bits per heavy atom. The lowest BCUT2D eigenvalue weighted by molar-refractivity contribution is -0.165. The highest BCUT2D eigenvalue weighted by atomic mass is 35.5. The lowest BCUT2D eigenvalue weighted by atomic mass is 9.47. The average Bonchev–Trinajstić information content (AvgIpc) is 1.78. The minimum atomic E-state index is -0.647. The van der Waals surface area contributed by atoms with Gasteiger partial charge in [-0.15, -0.1) is 12.4 Å². The van der Waals surface area contributed by atoms with Crippen LogP contribution in [-0.4, -0.2) is 17.1 Å². The normalized spacial score (nSPS) is 36.1. The van der Waals surface area contributed by atoms with E-state index in [1.54, 1.807) is 0 Å². The Kier molecular flexibility index (Phi) is 2.36. The van der Waals surface area contributed by atoms with Crippen molar-refractivity contribution in [2.75, 3.05) is 0 Å². The standard InChI is InChI=1S/C8H13NO2.ClH/c9-6-4-5(7(10)11)8(6)2-1-3-8;/h5-6H,1-4,9H2,(H,10,11);1H. The molecule has 4 heteroatoms. The molecule has 70 valence electrons. The van der Waals surface area contributed by atoms with E-state index in [-0.39, 0.29) is 29.8 Å². The smallest absolute Gasteiger partial charge is 0.307 e. The summed E-state index contributed by atoms with van der Waals surface area (Å²) in [5.74, 6) is -0.780. The van der Waals surface area contributed by atoms with E-state index >= 15 is 0 Å². The number of carboxylic acid groups (broad SMARTS) is 1. The van der Waals surface area contributed by atoms with Crippen LogP contribution < -0.4 is 5.73 Å². The monoisotopic (exact) mass is 191 g/mol. The van der Waals surface area contributed by atoms with E-state index in [4.69, 9.17) is 10.8 Å². The molecule has 3 nitrogen and oxygen atoms in total. The molecule has 2 rings (SSSR count). The SMILES string of the molecule is Cl.NC1CC(C(=O)O)C12CCC2. The first-order chi connectivity index (χ1) is 5.17. The molecule has 2 aliphatic carbocycles. The zero-order chi connectivity index (χ0) is 8.06. The molecule has 0 heterocycles. The Hall–Kier alpha value is -0.280. The van der Waals surface area contributed by atoms with Gasteiger partial charge in [-0.3, -0.25) is 4.79 Å². The van der Waals surface area contributed by atoms with Crippen LogP contribution in [0, 0.1) is 11.3 Å². The minimum Gasteiger partial charge on any atom is -0.481 e. The van der Waals surface area contributed by atoms with Gasteiger partial charge in [0.15, 0.2) is 0 Å². The molecule has 0 radical (unpaired) electrons. The summed E-state index contributed by atoms with van der Waals surface area (Å²) in [6, 6.07) is 0.164. The molecule has 2 saturated carbocycles. The molecular weight excluding hydrogens is 178 g/mol. The third-order valence-electron chi connectivity index (χ3n) is 3.50. The molecule has 2 fully saturated rings. The first-order valence-corrected chi connectivity index (χ1v) is 4.15. The molecule has 0 amide bonds. The molecule has 2 atom stereocenters. The quantitative estimate of drug-likeness (QED) is 0.650. The van der Waals surface area contributed by atoms with E-state index in [2.05, 4.69) is 0 Å². The summed E-state index contributed by atoms with van der Waals surface area (Å²) in [7, 11) is 0. The van der Waals surface area contributed by atoms with E-state index in [0.29, 0.717) is 6.42 Å². The average molecular weight is 192 g/mol. The van der Waals surface area contributed by atoms with Crippen LogP contribution in [-0.2, 0) is 4.79 Å². The fourth-order valence-corrected chi connectivity index (χ4v) is 2.47. The van der Waals surface area contributed by atoms with Gasteiger partial charge in [-0.2, -0.15) is 0 Å². The van der Waals surface area contributed by atoms with Crippen molar-refractivity contribution in [2.24, 2.45) is 17.1 Å². The van der Waals surface area contributed by atoms with Crippen LogP contribution >= 0.6 is 12.4 Å². The number of carbonyl (C=O) groups is 1. The number of hydrogen-bond acceptors (Lipinski definition) is 2. The molecule has 0 bridgehead atoms. The Balaban J connectivity index is 0.000000720. The van der Waals surface area contributed by atoms with Gasteiger partial charge in [-0.25, -0.2) is 0 Å². The fraction of sp³-hybridized carbons (Fsp3) is 0.875. The van der Waals surface area contributed by atoms with E-state index in [1.165, 1.54) is 0 Å². The van der Waals surface area contributed by atoms with Crippen molar-refractivity contribution in [3.8, 4) is 0 Å². The maximum atomic E-state index is 10.7. The molecule has 2 aliphatic rings. The number of aliphatic carboxylic acids is 1. The first-order valence-electron chi connectivity index (χ1n) is 4.15. The lowest BCUT2D eigenvalue weighted by Crippen LogP contribution is -2.63. The second-order valence-corrected chi connectivity index (χ2v) is 3.82. The van der Waals surface area contributed by atoms with Crippen molar-refractivity contribution < 1.29 is 9.90 Å². The summed E-state index contributed by atoms with van der Waals surface area (Å²) in [6.07, 6.45) is 3.92. The van der Waals surface area contributed by atoms with Crippen molar-refractivity contribution >= 4 is 18.4 Å². The third kappa shape index (κ3) is 0.962. The maximum Gasteiger partial charge on any atom is 0.307 e. The molecule has 0 aromatic heterocycles. The Labute approximate surface area is 77.7 Å². The summed E-state index contributed by atoms with van der Waals surface area (Å²) < 4.78 is 0.